The van der Waals surface area contributed by atoms with Gasteiger partial charge in [-0.15, -0.1) is 0 Å². The molecule has 2 aliphatic rings. The van der Waals surface area contributed by atoms with Crippen molar-refractivity contribution in [3.8, 4) is 11.5 Å². The lowest BCUT2D eigenvalue weighted by Gasteiger charge is -2.39. The Balaban J connectivity index is 1.40. The van der Waals surface area contributed by atoms with Gasteiger partial charge in [0.05, 0.1) is 39.2 Å². The number of morpholine rings is 1. The summed E-state index contributed by atoms with van der Waals surface area (Å²) in [6.45, 7) is 2.14. The fourth-order valence-electron chi connectivity index (χ4n) is 3.00. The molecule has 0 unspecified atom stereocenters. The number of benzene rings is 1. The highest BCUT2D eigenvalue weighted by Crippen LogP contribution is 2.28. The van der Waals surface area contributed by atoms with Gasteiger partial charge in [-0.1, -0.05) is 12.1 Å². The molecule has 27 heavy (non-hydrogen) atoms. The number of methoxy groups -OCH3 is 1. The first-order valence-electron chi connectivity index (χ1n) is 8.76. The number of carbonyl (C=O) groups is 1. The molecule has 1 atom stereocenters. The first-order valence-corrected chi connectivity index (χ1v) is 10.6. The summed E-state index contributed by atoms with van der Waals surface area (Å²) in [7, 11) is -1.66. The lowest BCUT2D eigenvalue weighted by molar-refractivity contribution is -0.00137. The van der Waals surface area contributed by atoms with E-state index < -0.39 is 10.0 Å². The number of para-hydroxylation sites is 2. The Hall–Kier alpha value is -2.04. The number of ether oxygens (including phenoxy) is 3. The standard InChI is InChI=1S/C17H25N3O6S/c1-24-15-5-3-4-6-16(15)26-14-10-19(11-14)17(21)18-9-13-12-20(7-8-25-13)27(2,22)23/h3-6,13-14H,7-12H2,1-2H3,(H,18,21)/t13-/m1/s1. The molecule has 10 heteroatoms. The summed E-state index contributed by atoms with van der Waals surface area (Å²) < 4.78 is 41.2. The minimum Gasteiger partial charge on any atom is -0.493 e. The van der Waals surface area contributed by atoms with E-state index in [0.717, 1.165) is 0 Å². The normalized spacial score (nSPS) is 21.4. The Morgan fingerprint density at radius 3 is 2.63 bits per heavy atom. The van der Waals surface area contributed by atoms with Crippen LogP contribution in [-0.2, 0) is 14.8 Å². The van der Waals surface area contributed by atoms with Gasteiger partial charge in [0.1, 0.15) is 6.10 Å². The Labute approximate surface area is 159 Å². The number of likely N-dealkylation sites (tertiary alicyclic amines) is 1. The zero-order valence-electron chi connectivity index (χ0n) is 15.5. The number of sulfonamides is 1. The number of hydrogen-bond acceptors (Lipinski definition) is 6. The van der Waals surface area contributed by atoms with Crippen LogP contribution in [0, 0.1) is 0 Å². The van der Waals surface area contributed by atoms with Crippen molar-refractivity contribution in [1.82, 2.24) is 14.5 Å². The SMILES string of the molecule is COc1ccccc1OC1CN(C(=O)NC[C@@H]2CN(S(C)(=O)=O)CCO2)C1. The maximum absolute atomic E-state index is 12.2. The molecule has 1 aromatic rings. The predicted octanol–water partition coefficient (Wildman–Crippen LogP) is 0.128. The topological polar surface area (TPSA) is 97.4 Å². The van der Waals surface area contributed by atoms with Crippen LogP contribution in [0.5, 0.6) is 11.5 Å². The number of nitrogens with zero attached hydrogens (tertiary/aromatic N) is 2. The molecule has 0 radical (unpaired) electrons. The van der Waals surface area contributed by atoms with E-state index in [-0.39, 0.29) is 31.3 Å². The highest BCUT2D eigenvalue weighted by atomic mass is 32.2. The third-order valence-electron chi connectivity index (χ3n) is 4.55. The second kappa shape index (κ2) is 8.32. The highest BCUT2D eigenvalue weighted by Gasteiger charge is 2.33. The molecule has 0 aliphatic carbocycles. The average Bonchev–Trinajstić information content (AvgIpc) is 2.62. The number of hydrogen-bond donors (Lipinski definition) is 1. The van der Waals surface area contributed by atoms with Crippen LogP contribution in [0.2, 0.25) is 0 Å². The van der Waals surface area contributed by atoms with E-state index in [1.54, 1.807) is 12.0 Å². The molecule has 2 fully saturated rings. The summed E-state index contributed by atoms with van der Waals surface area (Å²) in [4.78, 5) is 13.9. The van der Waals surface area contributed by atoms with Crippen molar-refractivity contribution >= 4 is 16.1 Å². The van der Waals surface area contributed by atoms with Crippen molar-refractivity contribution in [2.75, 3.05) is 52.7 Å². The van der Waals surface area contributed by atoms with Crippen LogP contribution in [0.15, 0.2) is 24.3 Å². The zero-order valence-corrected chi connectivity index (χ0v) is 16.3. The summed E-state index contributed by atoms with van der Waals surface area (Å²) in [6.07, 6.45) is 0.744. The fraction of sp³-hybridized carbons (Fsp3) is 0.588. The van der Waals surface area contributed by atoms with Gasteiger partial charge >= 0.3 is 6.03 Å². The van der Waals surface area contributed by atoms with Crippen LogP contribution in [0.3, 0.4) is 0 Å². The minimum absolute atomic E-state index is 0.0845. The number of amides is 2. The van der Waals surface area contributed by atoms with Crippen molar-refractivity contribution in [2.45, 2.75) is 12.2 Å². The Kier molecular flexibility index (Phi) is 6.08. The lowest BCUT2D eigenvalue weighted by atomic mass is 10.2. The molecule has 1 N–H and O–H groups in total. The van der Waals surface area contributed by atoms with Gasteiger partial charge in [0.2, 0.25) is 10.0 Å². The predicted molar refractivity (Wildman–Crippen MR) is 98.5 cm³/mol. The molecular formula is C17H25N3O6S. The van der Waals surface area contributed by atoms with Gasteiger partial charge in [0.15, 0.2) is 11.5 Å². The quantitative estimate of drug-likeness (QED) is 0.730. The van der Waals surface area contributed by atoms with E-state index in [0.29, 0.717) is 37.7 Å². The van der Waals surface area contributed by atoms with E-state index in [1.807, 2.05) is 24.3 Å². The maximum atomic E-state index is 12.2. The van der Waals surface area contributed by atoms with Crippen LogP contribution in [0.25, 0.3) is 0 Å². The van der Waals surface area contributed by atoms with Gasteiger partial charge in [0, 0.05) is 19.6 Å². The summed E-state index contributed by atoms with van der Waals surface area (Å²) >= 11 is 0. The zero-order chi connectivity index (χ0) is 19.4. The third kappa shape index (κ3) is 5.02. The van der Waals surface area contributed by atoms with E-state index in [9.17, 15) is 13.2 Å². The second-order valence-electron chi connectivity index (χ2n) is 6.60. The number of urea groups is 1. The first kappa shape index (κ1) is 19.7. The highest BCUT2D eigenvalue weighted by molar-refractivity contribution is 7.88. The monoisotopic (exact) mass is 399 g/mol. The fourth-order valence-corrected chi connectivity index (χ4v) is 3.85. The molecule has 2 saturated heterocycles. The van der Waals surface area contributed by atoms with Gasteiger partial charge in [-0.2, -0.15) is 4.31 Å². The smallest absolute Gasteiger partial charge is 0.317 e. The Morgan fingerprint density at radius 1 is 1.26 bits per heavy atom. The van der Waals surface area contributed by atoms with Gasteiger partial charge in [-0.25, -0.2) is 13.2 Å². The molecule has 2 heterocycles. The molecule has 0 aromatic heterocycles. The number of carbonyl (C=O) groups excluding carboxylic acids is 1. The van der Waals surface area contributed by atoms with Crippen LogP contribution < -0.4 is 14.8 Å². The van der Waals surface area contributed by atoms with E-state index >= 15 is 0 Å². The molecular weight excluding hydrogens is 374 g/mol. The molecule has 150 valence electrons. The van der Waals surface area contributed by atoms with Gasteiger partial charge < -0.3 is 24.4 Å². The van der Waals surface area contributed by atoms with Crippen molar-refractivity contribution in [2.24, 2.45) is 0 Å². The molecule has 2 amide bonds. The summed E-state index contributed by atoms with van der Waals surface area (Å²) in [5.41, 5.74) is 0. The van der Waals surface area contributed by atoms with E-state index in [1.165, 1.54) is 10.6 Å². The van der Waals surface area contributed by atoms with Crippen molar-refractivity contribution < 1.29 is 27.4 Å². The van der Waals surface area contributed by atoms with Crippen molar-refractivity contribution in [3.63, 3.8) is 0 Å². The number of nitrogens with one attached hydrogen (secondary N) is 1. The largest absolute Gasteiger partial charge is 0.493 e. The molecule has 1 aromatic carbocycles. The summed E-state index contributed by atoms with van der Waals surface area (Å²) in [5.74, 6) is 1.31. The van der Waals surface area contributed by atoms with Gasteiger partial charge in [-0.3, -0.25) is 0 Å². The molecule has 0 spiro atoms. The van der Waals surface area contributed by atoms with Crippen LogP contribution >= 0.6 is 0 Å². The molecule has 0 bridgehead atoms. The third-order valence-corrected chi connectivity index (χ3v) is 5.82. The van der Waals surface area contributed by atoms with Crippen molar-refractivity contribution in [3.05, 3.63) is 24.3 Å². The molecule has 0 saturated carbocycles. The first-order chi connectivity index (χ1) is 12.9. The maximum Gasteiger partial charge on any atom is 0.317 e. The second-order valence-corrected chi connectivity index (χ2v) is 8.58. The summed E-state index contributed by atoms with van der Waals surface area (Å²) in [6, 6.07) is 7.17. The lowest BCUT2D eigenvalue weighted by Crippen LogP contribution is -2.60. The minimum atomic E-state index is -3.25. The van der Waals surface area contributed by atoms with E-state index in [4.69, 9.17) is 14.2 Å². The molecule has 9 nitrogen and oxygen atoms in total. The summed E-state index contributed by atoms with van der Waals surface area (Å²) in [5, 5.41) is 2.79. The Bertz CT molecular complexity index is 766. The van der Waals surface area contributed by atoms with Crippen LogP contribution in [-0.4, -0.2) is 88.6 Å². The Morgan fingerprint density at radius 2 is 1.96 bits per heavy atom. The van der Waals surface area contributed by atoms with Gasteiger partial charge in [-0.05, 0) is 12.1 Å². The van der Waals surface area contributed by atoms with Crippen LogP contribution in [0.1, 0.15) is 0 Å². The molecule has 2 aliphatic heterocycles. The average molecular weight is 399 g/mol. The number of rotatable bonds is 6. The molecule has 3 rings (SSSR count). The van der Waals surface area contributed by atoms with E-state index in [2.05, 4.69) is 5.32 Å². The van der Waals surface area contributed by atoms with Crippen molar-refractivity contribution in [1.29, 1.82) is 0 Å². The van der Waals surface area contributed by atoms with Gasteiger partial charge in [0.25, 0.3) is 0 Å². The van der Waals surface area contributed by atoms with Crippen LogP contribution in [0.4, 0.5) is 4.79 Å².